The molecule has 0 bridgehead atoms. The third-order valence-electron chi connectivity index (χ3n) is 3.21. The Balaban J connectivity index is 2.01. The molecule has 2 rings (SSSR count). The number of likely N-dealkylation sites (N-methyl/N-ethyl adjacent to an activating group) is 2. The molecule has 0 spiro atoms. The summed E-state index contributed by atoms with van der Waals surface area (Å²) in [6.45, 7) is 2.34. The molecule has 1 N–H and O–H groups in total. The van der Waals surface area contributed by atoms with E-state index in [0.29, 0.717) is 6.54 Å². The molecule has 1 aromatic rings. The topological polar surface area (TPSA) is 35.6 Å². The van der Waals surface area contributed by atoms with Gasteiger partial charge < -0.3 is 15.1 Å². The van der Waals surface area contributed by atoms with Gasteiger partial charge in [0.1, 0.15) is 0 Å². The summed E-state index contributed by atoms with van der Waals surface area (Å²) >= 11 is 0. The van der Waals surface area contributed by atoms with Gasteiger partial charge in [0.25, 0.3) is 0 Å². The van der Waals surface area contributed by atoms with Crippen molar-refractivity contribution < 1.29 is 4.79 Å². The number of nitrogens with zero attached hydrogens (tertiary/aromatic N) is 2. The van der Waals surface area contributed by atoms with Crippen molar-refractivity contribution in [2.45, 2.75) is 12.6 Å². The summed E-state index contributed by atoms with van der Waals surface area (Å²) in [5.41, 5.74) is 1.18. The van der Waals surface area contributed by atoms with Crippen LogP contribution in [0.2, 0.25) is 0 Å². The first-order chi connectivity index (χ1) is 8.22. The van der Waals surface area contributed by atoms with Gasteiger partial charge in [-0.1, -0.05) is 30.3 Å². The van der Waals surface area contributed by atoms with Crippen LogP contribution in [-0.4, -0.2) is 49.1 Å². The molecule has 1 aliphatic heterocycles. The summed E-state index contributed by atoms with van der Waals surface area (Å²) in [5.74, 6) is 0. The molecule has 0 saturated carbocycles. The van der Waals surface area contributed by atoms with E-state index >= 15 is 0 Å². The largest absolute Gasteiger partial charge is 0.322 e. The second kappa shape index (κ2) is 5.19. The number of hydrogen-bond donors (Lipinski definition) is 1. The van der Waals surface area contributed by atoms with Crippen LogP contribution in [0, 0.1) is 0 Å². The lowest BCUT2D eigenvalue weighted by Gasteiger charge is -2.16. The van der Waals surface area contributed by atoms with E-state index in [2.05, 4.69) is 17.4 Å². The van der Waals surface area contributed by atoms with E-state index in [1.165, 1.54) is 5.56 Å². The Morgan fingerprint density at radius 1 is 1.35 bits per heavy atom. The van der Waals surface area contributed by atoms with Gasteiger partial charge in [-0.2, -0.15) is 0 Å². The van der Waals surface area contributed by atoms with Gasteiger partial charge in [-0.25, -0.2) is 4.79 Å². The molecule has 0 aliphatic carbocycles. The van der Waals surface area contributed by atoms with Crippen molar-refractivity contribution in [3.63, 3.8) is 0 Å². The normalized spacial score (nSPS) is 20.1. The number of amides is 2. The molecule has 17 heavy (non-hydrogen) atoms. The van der Waals surface area contributed by atoms with Crippen LogP contribution in [0.15, 0.2) is 30.3 Å². The van der Waals surface area contributed by atoms with Crippen LogP contribution in [0.3, 0.4) is 0 Å². The lowest BCUT2D eigenvalue weighted by atomic mass is 10.2. The molecule has 1 atom stereocenters. The van der Waals surface area contributed by atoms with Gasteiger partial charge in [0, 0.05) is 26.7 Å². The number of nitrogens with one attached hydrogen (secondary N) is 1. The Bertz CT molecular complexity index is 380. The number of urea groups is 1. The van der Waals surface area contributed by atoms with Gasteiger partial charge in [-0.3, -0.25) is 0 Å². The molecule has 1 aliphatic rings. The molecule has 1 heterocycles. The van der Waals surface area contributed by atoms with Crippen molar-refractivity contribution in [2.24, 2.45) is 0 Å². The maximum Gasteiger partial charge on any atom is 0.320 e. The average Bonchev–Trinajstić information content (AvgIpc) is 2.60. The molecule has 4 nitrogen and oxygen atoms in total. The van der Waals surface area contributed by atoms with Crippen LogP contribution in [0.4, 0.5) is 4.79 Å². The summed E-state index contributed by atoms with van der Waals surface area (Å²) in [5, 5.41) is 3.12. The van der Waals surface area contributed by atoms with E-state index in [1.54, 1.807) is 0 Å². The fourth-order valence-corrected chi connectivity index (χ4v) is 2.21. The lowest BCUT2D eigenvalue weighted by molar-refractivity contribution is 0.194. The number of rotatable bonds is 4. The van der Waals surface area contributed by atoms with Crippen LogP contribution < -0.4 is 5.32 Å². The van der Waals surface area contributed by atoms with Crippen LogP contribution >= 0.6 is 0 Å². The molecular formula is C13H19N3O. The Kier molecular flexibility index (Phi) is 3.64. The quantitative estimate of drug-likeness (QED) is 0.846. The van der Waals surface area contributed by atoms with E-state index in [-0.39, 0.29) is 12.1 Å². The molecule has 4 heteroatoms. The zero-order valence-corrected chi connectivity index (χ0v) is 10.4. The third kappa shape index (κ3) is 2.58. The van der Waals surface area contributed by atoms with E-state index in [0.717, 1.165) is 13.1 Å². The monoisotopic (exact) mass is 233 g/mol. The first-order valence-corrected chi connectivity index (χ1v) is 5.92. The summed E-state index contributed by atoms with van der Waals surface area (Å²) in [6.07, 6.45) is 0. The van der Waals surface area contributed by atoms with Crippen molar-refractivity contribution in [3.8, 4) is 0 Å². The molecule has 1 aromatic carbocycles. The number of carbonyl (C=O) groups excluding carboxylic acids is 1. The fraction of sp³-hybridized carbons (Fsp3) is 0.462. The van der Waals surface area contributed by atoms with Crippen LogP contribution in [0.5, 0.6) is 0 Å². The second-order valence-electron chi connectivity index (χ2n) is 4.47. The zero-order valence-electron chi connectivity index (χ0n) is 10.4. The van der Waals surface area contributed by atoms with Gasteiger partial charge in [-0.05, 0) is 12.6 Å². The second-order valence-corrected chi connectivity index (χ2v) is 4.47. The Hall–Kier alpha value is -1.55. The van der Waals surface area contributed by atoms with Crippen molar-refractivity contribution in [2.75, 3.05) is 27.2 Å². The highest BCUT2D eigenvalue weighted by molar-refractivity contribution is 5.76. The molecule has 92 valence electrons. The maximum absolute atomic E-state index is 12.0. The number of benzene rings is 1. The highest BCUT2D eigenvalue weighted by Gasteiger charge is 2.33. The van der Waals surface area contributed by atoms with Crippen molar-refractivity contribution >= 4 is 6.03 Å². The first-order valence-electron chi connectivity index (χ1n) is 5.92. The number of hydrogen-bond acceptors (Lipinski definition) is 2. The van der Waals surface area contributed by atoms with Gasteiger partial charge in [0.05, 0.1) is 6.04 Å². The molecule has 0 aromatic heterocycles. The maximum atomic E-state index is 12.0. The molecule has 2 amide bonds. The predicted octanol–water partition coefficient (Wildman–Crippen LogP) is 1.14. The minimum absolute atomic E-state index is 0.120. The van der Waals surface area contributed by atoms with Gasteiger partial charge >= 0.3 is 6.03 Å². The highest BCUT2D eigenvalue weighted by atomic mass is 16.2. The van der Waals surface area contributed by atoms with Crippen molar-refractivity contribution in [1.82, 2.24) is 15.1 Å². The van der Waals surface area contributed by atoms with Crippen molar-refractivity contribution in [3.05, 3.63) is 35.9 Å². The van der Waals surface area contributed by atoms with Gasteiger partial charge in [-0.15, -0.1) is 0 Å². The summed E-state index contributed by atoms with van der Waals surface area (Å²) < 4.78 is 0. The van der Waals surface area contributed by atoms with E-state index < -0.39 is 0 Å². The third-order valence-corrected chi connectivity index (χ3v) is 3.21. The van der Waals surface area contributed by atoms with Gasteiger partial charge in [0.2, 0.25) is 0 Å². The molecule has 1 fully saturated rings. The molecule has 0 radical (unpaired) electrons. The SMILES string of the molecule is CNCC1CN(Cc2ccccc2)C(=O)N1C. The summed E-state index contributed by atoms with van der Waals surface area (Å²) in [4.78, 5) is 15.7. The molecular weight excluding hydrogens is 214 g/mol. The van der Waals surface area contributed by atoms with Crippen LogP contribution in [0.25, 0.3) is 0 Å². The fourth-order valence-electron chi connectivity index (χ4n) is 2.21. The number of carbonyl (C=O) groups is 1. The van der Waals surface area contributed by atoms with Crippen LogP contribution in [0.1, 0.15) is 5.56 Å². The zero-order chi connectivity index (χ0) is 12.3. The van der Waals surface area contributed by atoms with Gasteiger partial charge in [0.15, 0.2) is 0 Å². The van der Waals surface area contributed by atoms with E-state index in [4.69, 9.17) is 0 Å². The Labute approximate surface area is 102 Å². The summed E-state index contributed by atoms with van der Waals surface area (Å²) in [7, 11) is 3.79. The lowest BCUT2D eigenvalue weighted by Crippen LogP contribution is -2.37. The standard InChI is InChI=1S/C13H19N3O/c1-14-8-12-10-16(13(17)15(12)2)9-11-6-4-3-5-7-11/h3-7,12,14H,8-10H2,1-2H3. The van der Waals surface area contributed by atoms with E-state index in [1.807, 2.05) is 42.1 Å². The first kappa shape index (κ1) is 11.9. The minimum atomic E-state index is 0.120. The summed E-state index contributed by atoms with van der Waals surface area (Å²) in [6, 6.07) is 10.5. The predicted molar refractivity (Wildman–Crippen MR) is 67.7 cm³/mol. The average molecular weight is 233 g/mol. The smallest absolute Gasteiger partial charge is 0.320 e. The highest BCUT2D eigenvalue weighted by Crippen LogP contribution is 2.16. The minimum Gasteiger partial charge on any atom is -0.322 e. The Morgan fingerprint density at radius 3 is 2.71 bits per heavy atom. The molecule has 1 unspecified atom stereocenters. The van der Waals surface area contributed by atoms with E-state index in [9.17, 15) is 4.79 Å². The van der Waals surface area contributed by atoms with Crippen molar-refractivity contribution in [1.29, 1.82) is 0 Å². The Morgan fingerprint density at radius 2 is 2.06 bits per heavy atom. The van der Waals surface area contributed by atoms with Crippen LogP contribution in [-0.2, 0) is 6.54 Å². The molecule has 1 saturated heterocycles.